The van der Waals surface area contributed by atoms with Gasteiger partial charge in [-0.2, -0.15) is 0 Å². The lowest BCUT2D eigenvalue weighted by atomic mass is 10.2. The Bertz CT molecular complexity index is 886. The fourth-order valence-corrected chi connectivity index (χ4v) is 2.68. The average Bonchev–Trinajstić information content (AvgIpc) is 3.11. The summed E-state index contributed by atoms with van der Waals surface area (Å²) in [6.07, 6.45) is 8.34. The van der Waals surface area contributed by atoms with Crippen molar-refractivity contribution in [2.45, 2.75) is 39.3 Å². The van der Waals surface area contributed by atoms with Crippen LogP contribution in [0.15, 0.2) is 47.7 Å². The van der Waals surface area contributed by atoms with E-state index in [1.165, 1.54) is 6.07 Å². The first-order chi connectivity index (χ1) is 12.1. The first-order valence-corrected chi connectivity index (χ1v) is 8.35. The summed E-state index contributed by atoms with van der Waals surface area (Å²) in [6, 6.07) is 7.11. The maximum atomic E-state index is 11.3. The van der Waals surface area contributed by atoms with E-state index in [-0.39, 0.29) is 11.2 Å². The lowest BCUT2D eigenvalue weighted by molar-refractivity contribution is 0.448. The molecule has 0 atom stereocenters. The molecule has 0 aliphatic rings. The fraction of sp³-hybridized carbons (Fsp3) is 0.333. The monoisotopic (exact) mass is 339 g/mol. The lowest BCUT2D eigenvalue weighted by Crippen LogP contribution is -2.10. The molecule has 0 aliphatic heterocycles. The number of unbranched alkanes of at least 4 members (excludes halogenated alkanes) is 2. The van der Waals surface area contributed by atoms with Crippen molar-refractivity contribution in [3.8, 4) is 17.1 Å². The van der Waals surface area contributed by atoms with E-state index in [0.717, 1.165) is 43.7 Å². The number of hydrogen-bond acceptors (Lipinski definition) is 5. The van der Waals surface area contributed by atoms with Crippen molar-refractivity contribution < 1.29 is 5.11 Å². The second kappa shape index (κ2) is 7.74. The summed E-state index contributed by atoms with van der Waals surface area (Å²) < 4.78 is 3.74. The molecule has 0 spiro atoms. The van der Waals surface area contributed by atoms with Crippen LogP contribution in [-0.4, -0.2) is 29.7 Å². The smallest absolute Gasteiger partial charge is 0.223 e. The summed E-state index contributed by atoms with van der Waals surface area (Å²) in [4.78, 5) is 15.6. The number of aryl methyl sites for hydroxylation is 2. The molecule has 0 aromatic carbocycles. The molecule has 0 aliphatic carbocycles. The molecular formula is C18H21N5O2. The van der Waals surface area contributed by atoms with Gasteiger partial charge in [-0.25, -0.2) is 0 Å². The number of aromatic hydroxyl groups is 1. The van der Waals surface area contributed by atoms with Gasteiger partial charge in [0.25, 0.3) is 0 Å². The van der Waals surface area contributed by atoms with Crippen LogP contribution in [0.2, 0.25) is 0 Å². The Labute approximate surface area is 145 Å². The summed E-state index contributed by atoms with van der Waals surface area (Å²) in [5.41, 5.74) is 1.88. The van der Waals surface area contributed by atoms with Crippen LogP contribution in [0.5, 0.6) is 5.75 Å². The highest BCUT2D eigenvalue weighted by molar-refractivity contribution is 5.51. The van der Waals surface area contributed by atoms with Crippen LogP contribution >= 0.6 is 0 Å². The van der Waals surface area contributed by atoms with Gasteiger partial charge in [-0.1, -0.05) is 11.3 Å². The third-order valence-electron chi connectivity index (χ3n) is 4.16. The Morgan fingerprint density at radius 2 is 1.92 bits per heavy atom. The van der Waals surface area contributed by atoms with E-state index >= 15 is 0 Å². The molecule has 0 saturated carbocycles. The highest BCUT2D eigenvalue weighted by Gasteiger charge is 2.06. The Morgan fingerprint density at radius 3 is 2.72 bits per heavy atom. The molecule has 3 aromatic rings. The second-order valence-electron chi connectivity index (χ2n) is 5.95. The molecule has 0 radical (unpaired) electrons. The fourth-order valence-electron chi connectivity index (χ4n) is 2.68. The van der Waals surface area contributed by atoms with E-state index in [4.69, 9.17) is 0 Å². The van der Waals surface area contributed by atoms with E-state index < -0.39 is 0 Å². The SMILES string of the molecule is Cc1c(O)c(=O)ccn1CCCCCn1cc(-c2ccccn2)nn1. The van der Waals surface area contributed by atoms with Gasteiger partial charge >= 0.3 is 0 Å². The van der Waals surface area contributed by atoms with Crippen LogP contribution < -0.4 is 5.43 Å². The van der Waals surface area contributed by atoms with Crippen LogP contribution in [0.25, 0.3) is 11.4 Å². The zero-order chi connectivity index (χ0) is 17.6. The van der Waals surface area contributed by atoms with E-state index in [0.29, 0.717) is 5.69 Å². The third kappa shape index (κ3) is 4.12. The molecule has 7 nitrogen and oxygen atoms in total. The molecule has 3 rings (SSSR count). The molecule has 7 heteroatoms. The van der Waals surface area contributed by atoms with Gasteiger partial charge in [-0.05, 0) is 38.3 Å². The topological polar surface area (TPSA) is 85.8 Å². The van der Waals surface area contributed by atoms with Gasteiger partial charge in [-0.15, -0.1) is 5.10 Å². The minimum atomic E-state index is -0.330. The molecule has 130 valence electrons. The summed E-state index contributed by atoms with van der Waals surface area (Å²) in [5.74, 6) is -0.160. The number of pyridine rings is 2. The number of aromatic nitrogens is 5. The highest BCUT2D eigenvalue weighted by atomic mass is 16.3. The van der Waals surface area contributed by atoms with Gasteiger partial charge in [0, 0.05) is 31.5 Å². The van der Waals surface area contributed by atoms with Crippen LogP contribution in [0.1, 0.15) is 25.0 Å². The van der Waals surface area contributed by atoms with Gasteiger partial charge in [0.2, 0.25) is 5.43 Å². The highest BCUT2D eigenvalue weighted by Crippen LogP contribution is 2.13. The third-order valence-corrected chi connectivity index (χ3v) is 4.16. The Kier molecular flexibility index (Phi) is 5.23. The van der Waals surface area contributed by atoms with Crippen molar-refractivity contribution in [2.24, 2.45) is 0 Å². The minimum Gasteiger partial charge on any atom is -0.503 e. The van der Waals surface area contributed by atoms with Crippen molar-refractivity contribution >= 4 is 0 Å². The van der Waals surface area contributed by atoms with Crippen LogP contribution in [0.4, 0.5) is 0 Å². The van der Waals surface area contributed by atoms with E-state index in [2.05, 4.69) is 15.3 Å². The standard InChI is InChI=1S/C18H21N5O2/c1-14-18(25)17(24)8-12-22(14)10-5-2-6-11-23-13-16(20-21-23)15-7-3-4-9-19-15/h3-4,7-9,12-13,25H,2,5-6,10-11H2,1H3. The predicted octanol–water partition coefficient (Wildman–Crippen LogP) is 2.39. The summed E-state index contributed by atoms with van der Waals surface area (Å²) in [7, 11) is 0. The normalized spacial score (nSPS) is 10.9. The molecule has 0 unspecified atom stereocenters. The molecule has 0 fully saturated rings. The number of nitrogens with zero attached hydrogens (tertiary/aromatic N) is 5. The van der Waals surface area contributed by atoms with Crippen molar-refractivity contribution in [3.05, 3.63) is 58.8 Å². The first-order valence-electron chi connectivity index (χ1n) is 8.35. The van der Waals surface area contributed by atoms with Crippen LogP contribution in [-0.2, 0) is 13.1 Å². The van der Waals surface area contributed by atoms with E-state index in [1.807, 2.05) is 33.6 Å². The maximum Gasteiger partial charge on any atom is 0.223 e. The minimum absolute atomic E-state index is 0.160. The van der Waals surface area contributed by atoms with Crippen LogP contribution in [0.3, 0.4) is 0 Å². The number of hydrogen-bond donors (Lipinski definition) is 1. The molecule has 25 heavy (non-hydrogen) atoms. The Morgan fingerprint density at radius 1 is 1.08 bits per heavy atom. The molecule has 0 amide bonds. The van der Waals surface area contributed by atoms with Crippen molar-refractivity contribution in [1.29, 1.82) is 0 Å². The Hall–Kier alpha value is -2.96. The number of rotatable bonds is 7. The maximum absolute atomic E-state index is 11.3. The van der Waals surface area contributed by atoms with Crippen molar-refractivity contribution in [2.75, 3.05) is 0 Å². The molecule has 0 bridgehead atoms. The summed E-state index contributed by atoms with van der Waals surface area (Å²) in [5, 5.41) is 18.0. The molecule has 1 N–H and O–H groups in total. The second-order valence-corrected chi connectivity index (χ2v) is 5.95. The van der Waals surface area contributed by atoms with Crippen molar-refractivity contribution in [1.82, 2.24) is 24.5 Å². The van der Waals surface area contributed by atoms with E-state index in [1.54, 1.807) is 19.3 Å². The lowest BCUT2D eigenvalue weighted by Gasteiger charge is -2.11. The zero-order valence-electron chi connectivity index (χ0n) is 14.2. The first kappa shape index (κ1) is 16.9. The van der Waals surface area contributed by atoms with Gasteiger partial charge in [0.15, 0.2) is 5.75 Å². The zero-order valence-corrected chi connectivity index (χ0v) is 14.2. The molecular weight excluding hydrogens is 318 g/mol. The van der Waals surface area contributed by atoms with E-state index in [9.17, 15) is 9.90 Å². The molecule has 0 saturated heterocycles. The quantitative estimate of drug-likeness (QED) is 0.668. The summed E-state index contributed by atoms with van der Waals surface area (Å²) in [6.45, 7) is 3.33. The summed E-state index contributed by atoms with van der Waals surface area (Å²) >= 11 is 0. The van der Waals surface area contributed by atoms with Gasteiger partial charge in [-0.3, -0.25) is 14.5 Å². The molecule has 3 aromatic heterocycles. The van der Waals surface area contributed by atoms with Gasteiger partial charge in [0.1, 0.15) is 5.69 Å². The Balaban J connectivity index is 1.46. The molecule has 3 heterocycles. The van der Waals surface area contributed by atoms with Crippen molar-refractivity contribution in [3.63, 3.8) is 0 Å². The average molecular weight is 339 g/mol. The van der Waals surface area contributed by atoms with Crippen LogP contribution in [0, 0.1) is 6.92 Å². The van der Waals surface area contributed by atoms with Gasteiger partial charge in [0.05, 0.1) is 17.6 Å². The van der Waals surface area contributed by atoms with Gasteiger partial charge < -0.3 is 9.67 Å². The predicted molar refractivity (Wildman–Crippen MR) is 94.2 cm³/mol. The largest absolute Gasteiger partial charge is 0.503 e.